The Morgan fingerprint density at radius 2 is 2.17 bits per heavy atom. The van der Waals surface area contributed by atoms with Crippen molar-refractivity contribution < 1.29 is 9.47 Å². The van der Waals surface area contributed by atoms with Crippen LogP contribution in [0.5, 0.6) is 11.5 Å². The number of methoxy groups -OCH3 is 1. The van der Waals surface area contributed by atoms with Crippen molar-refractivity contribution in [2.75, 3.05) is 7.11 Å². The fraction of sp³-hybridized carbons (Fsp3) is 0.467. The van der Waals surface area contributed by atoms with Crippen LogP contribution in [0.3, 0.4) is 0 Å². The smallest absolute Gasteiger partial charge is 0.165 e. The molecular formula is C15H23NO2. The highest BCUT2D eigenvalue weighted by Crippen LogP contribution is 2.32. The van der Waals surface area contributed by atoms with E-state index in [1.54, 1.807) is 13.2 Å². The Bertz CT molecular complexity index is 390. The summed E-state index contributed by atoms with van der Waals surface area (Å²) in [5, 5.41) is 0. The minimum absolute atomic E-state index is 0.0575. The lowest BCUT2D eigenvalue weighted by Gasteiger charge is -2.19. The Balaban J connectivity index is 3.03. The summed E-state index contributed by atoms with van der Waals surface area (Å²) in [6.45, 7) is 7.76. The Kier molecular flexibility index (Phi) is 5.72. The molecule has 0 amide bonds. The van der Waals surface area contributed by atoms with Crippen molar-refractivity contribution in [2.45, 2.75) is 38.8 Å². The minimum Gasteiger partial charge on any atom is -0.493 e. The van der Waals surface area contributed by atoms with Crippen LogP contribution in [0.4, 0.5) is 0 Å². The molecule has 0 heterocycles. The van der Waals surface area contributed by atoms with Crippen molar-refractivity contribution in [3.63, 3.8) is 0 Å². The van der Waals surface area contributed by atoms with Gasteiger partial charge in [0.15, 0.2) is 11.5 Å². The van der Waals surface area contributed by atoms with Gasteiger partial charge in [0.1, 0.15) is 6.10 Å². The number of para-hydroxylation sites is 1. The van der Waals surface area contributed by atoms with Crippen LogP contribution in [0, 0.1) is 0 Å². The summed E-state index contributed by atoms with van der Waals surface area (Å²) in [6.07, 6.45) is 3.43. The van der Waals surface area contributed by atoms with Gasteiger partial charge in [0.25, 0.3) is 0 Å². The van der Waals surface area contributed by atoms with Crippen LogP contribution < -0.4 is 15.2 Å². The standard InChI is InChI=1S/C15H23NO2/c1-5-11(3)18-15-12(10-13(16)6-2)8-7-9-14(15)17-4/h5,7-9,11,13H,1,6,10,16H2,2-4H3. The van der Waals surface area contributed by atoms with E-state index < -0.39 is 0 Å². The number of hydrogen-bond donors (Lipinski definition) is 1. The maximum Gasteiger partial charge on any atom is 0.165 e. The molecule has 0 spiro atoms. The third kappa shape index (κ3) is 3.77. The molecule has 1 rings (SSSR count). The van der Waals surface area contributed by atoms with E-state index in [9.17, 15) is 0 Å². The highest BCUT2D eigenvalue weighted by atomic mass is 16.5. The molecule has 0 saturated heterocycles. The van der Waals surface area contributed by atoms with E-state index in [-0.39, 0.29) is 12.1 Å². The van der Waals surface area contributed by atoms with Gasteiger partial charge in [0, 0.05) is 6.04 Å². The van der Waals surface area contributed by atoms with Crippen LogP contribution in [-0.2, 0) is 6.42 Å². The van der Waals surface area contributed by atoms with Crippen molar-refractivity contribution in [1.82, 2.24) is 0 Å². The Labute approximate surface area is 110 Å². The molecule has 1 aromatic rings. The molecule has 0 aliphatic heterocycles. The van der Waals surface area contributed by atoms with Crippen molar-refractivity contribution in [3.8, 4) is 11.5 Å². The zero-order valence-electron chi connectivity index (χ0n) is 11.5. The summed E-state index contributed by atoms with van der Waals surface area (Å²) in [5.74, 6) is 1.51. The minimum atomic E-state index is -0.0575. The summed E-state index contributed by atoms with van der Waals surface area (Å²) in [4.78, 5) is 0. The molecule has 0 aliphatic rings. The SMILES string of the molecule is C=CC(C)Oc1c(CC(N)CC)cccc1OC. The fourth-order valence-corrected chi connectivity index (χ4v) is 1.68. The van der Waals surface area contributed by atoms with Crippen LogP contribution in [0.2, 0.25) is 0 Å². The molecule has 0 aromatic heterocycles. The zero-order valence-corrected chi connectivity index (χ0v) is 11.5. The van der Waals surface area contributed by atoms with E-state index in [1.165, 1.54) is 0 Å². The van der Waals surface area contributed by atoms with Gasteiger partial charge in [-0.15, -0.1) is 0 Å². The van der Waals surface area contributed by atoms with Gasteiger partial charge in [-0.1, -0.05) is 31.7 Å². The summed E-state index contributed by atoms with van der Waals surface area (Å²) in [5.41, 5.74) is 7.09. The van der Waals surface area contributed by atoms with E-state index in [0.717, 1.165) is 29.9 Å². The molecule has 0 aliphatic carbocycles. The van der Waals surface area contributed by atoms with E-state index in [0.29, 0.717) is 0 Å². The van der Waals surface area contributed by atoms with Gasteiger partial charge in [0.2, 0.25) is 0 Å². The van der Waals surface area contributed by atoms with E-state index in [2.05, 4.69) is 13.5 Å². The maximum atomic E-state index is 6.01. The topological polar surface area (TPSA) is 44.5 Å². The average Bonchev–Trinajstić information content (AvgIpc) is 2.40. The second kappa shape index (κ2) is 7.07. The highest BCUT2D eigenvalue weighted by molar-refractivity contribution is 5.47. The fourth-order valence-electron chi connectivity index (χ4n) is 1.68. The zero-order chi connectivity index (χ0) is 13.5. The predicted molar refractivity (Wildman–Crippen MR) is 75.3 cm³/mol. The van der Waals surface area contributed by atoms with Crippen molar-refractivity contribution in [2.24, 2.45) is 5.73 Å². The van der Waals surface area contributed by atoms with Crippen molar-refractivity contribution in [1.29, 1.82) is 0 Å². The largest absolute Gasteiger partial charge is 0.493 e. The molecular weight excluding hydrogens is 226 g/mol. The van der Waals surface area contributed by atoms with E-state index >= 15 is 0 Å². The first-order valence-corrected chi connectivity index (χ1v) is 6.33. The molecule has 0 saturated carbocycles. The summed E-state index contributed by atoms with van der Waals surface area (Å²) < 4.78 is 11.2. The van der Waals surface area contributed by atoms with Crippen LogP contribution in [0.25, 0.3) is 0 Å². The molecule has 0 bridgehead atoms. The maximum absolute atomic E-state index is 6.01. The van der Waals surface area contributed by atoms with Crippen LogP contribution in [-0.4, -0.2) is 19.3 Å². The van der Waals surface area contributed by atoms with Gasteiger partial charge < -0.3 is 15.2 Å². The number of ether oxygens (including phenoxy) is 2. The molecule has 2 atom stereocenters. The number of hydrogen-bond acceptors (Lipinski definition) is 3. The normalized spacial score (nSPS) is 13.8. The Morgan fingerprint density at radius 3 is 2.72 bits per heavy atom. The van der Waals surface area contributed by atoms with E-state index in [4.69, 9.17) is 15.2 Å². The molecule has 2 N–H and O–H groups in total. The lowest BCUT2D eigenvalue weighted by molar-refractivity contribution is 0.251. The molecule has 0 radical (unpaired) electrons. The van der Waals surface area contributed by atoms with Crippen molar-refractivity contribution in [3.05, 3.63) is 36.4 Å². The predicted octanol–water partition coefficient (Wildman–Crippen LogP) is 2.93. The van der Waals surface area contributed by atoms with Gasteiger partial charge >= 0.3 is 0 Å². The lowest BCUT2D eigenvalue weighted by Crippen LogP contribution is -2.22. The molecule has 0 fully saturated rings. The van der Waals surface area contributed by atoms with Crippen LogP contribution >= 0.6 is 0 Å². The van der Waals surface area contributed by atoms with Gasteiger partial charge in [-0.3, -0.25) is 0 Å². The lowest BCUT2D eigenvalue weighted by atomic mass is 10.0. The molecule has 1 aromatic carbocycles. The molecule has 2 unspecified atom stereocenters. The second-order valence-electron chi connectivity index (χ2n) is 4.38. The van der Waals surface area contributed by atoms with Gasteiger partial charge in [-0.2, -0.15) is 0 Å². The first-order chi connectivity index (χ1) is 8.62. The quantitative estimate of drug-likeness (QED) is 0.756. The Morgan fingerprint density at radius 1 is 1.44 bits per heavy atom. The summed E-state index contributed by atoms with van der Waals surface area (Å²) in [6, 6.07) is 6.02. The van der Waals surface area contributed by atoms with Crippen molar-refractivity contribution >= 4 is 0 Å². The Hall–Kier alpha value is -1.48. The first-order valence-electron chi connectivity index (χ1n) is 6.33. The third-order valence-corrected chi connectivity index (χ3v) is 2.92. The number of rotatable bonds is 7. The molecule has 100 valence electrons. The monoisotopic (exact) mass is 249 g/mol. The van der Waals surface area contributed by atoms with Gasteiger partial charge in [-0.25, -0.2) is 0 Å². The molecule has 3 nitrogen and oxygen atoms in total. The number of benzene rings is 1. The summed E-state index contributed by atoms with van der Waals surface area (Å²) >= 11 is 0. The van der Waals surface area contributed by atoms with E-state index in [1.807, 2.05) is 25.1 Å². The summed E-state index contributed by atoms with van der Waals surface area (Å²) in [7, 11) is 1.64. The average molecular weight is 249 g/mol. The van der Waals surface area contributed by atoms with Crippen LogP contribution in [0.1, 0.15) is 25.8 Å². The second-order valence-corrected chi connectivity index (χ2v) is 4.38. The highest BCUT2D eigenvalue weighted by Gasteiger charge is 2.14. The third-order valence-electron chi connectivity index (χ3n) is 2.92. The van der Waals surface area contributed by atoms with Gasteiger partial charge in [0.05, 0.1) is 7.11 Å². The number of nitrogens with two attached hydrogens (primary N) is 1. The van der Waals surface area contributed by atoms with Gasteiger partial charge in [-0.05, 0) is 31.4 Å². The molecule has 18 heavy (non-hydrogen) atoms. The molecule has 3 heteroatoms. The van der Waals surface area contributed by atoms with Crippen LogP contribution in [0.15, 0.2) is 30.9 Å². The first kappa shape index (κ1) is 14.6.